The molecule has 0 saturated heterocycles. The highest BCUT2D eigenvalue weighted by molar-refractivity contribution is 6.12. The van der Waals surface area contributed by atoms with E-state index in [0.717, 1.165) is 44.2 Å². The van der Waals surface area contributed by atoms with Gasteiger partial charge in [0, 0.05) is 38.4 Å². The molecule has 4 heterocycles. The third-order valence-corrected chi connectivity index (χ3v) is 10.5. The van der Waals surface area contributed by atoms with Crippen LogP contribution < -0.4 is 0 Å². The first-order valence-corrected chi connectivity index (χ1v) is 18.6. The Hall–Kier alpha value is -7.77. The highest BCUT2D eigenvalue weighted by atomic mass is 15.1. The molecule has 7 heteroatoms. The normalized spacial score (nSPS) is 11.6. The van der Waals surface area contributed by atoms with E-state index < -0.39 is 0 Å². The van der Waals surface area contributed by atoms with Crippen LogP contribution in [0.5, 0.6) is 0 Å². The number of benzene rings is 7. The van der Waals surface area contributed by atoms with Crippen molar-refractivity contribution >= 4 is 43.6 Å². The average Bonchev–Trinajstić information content (AvgIpc) is 3.79. The van der Waals surface area contributed by atoms with Crippen molar-refractivity contribution in [3.63, 3.8) is 0 Å². The monoisotopic (exact) mass is 717 g/mol. The van der Waals surface area contributed by atoms with E-state index in [1.807, 2.05) is 60.7 Å². The minimum Gasteiger partial charge on any atom is -0.309 e. The lowest BCUT2D eigenvalue weighted by Crippen LogP contribution is -2.03. The second-order valence-corrected chi connectivity index (χ2v) is 13.8. The molecular weight excluding hydrogens is 687 g/mol. The lowest BCUT2D eigenvalue weighted by Gasteiger charge is -2.10. The Morgan fingerprint density at radius 1 is 0.321 bits per heavy atom. The van der Waals surface area contributed by atoms with Crippen molar-refractivity contribution in [2.75, 3.05) is 0 Å². The Morgan fingerprint density at radius 2 is 0.786 bits per heavy atom. The molecule has 7 aromatic carbocycles. The molecule has 0 fully saturated rings. The number of rotatable bonds is 6. The van der Waals surface area contributed by atoms with Crippen molar-refractivity contribution < 1.29 is 0 Å². The number of fused-ring (bicyclic) bond motifs is 6. The molecule has 0 N–H and O–H groups in total. The van der Waals surface area contributed by atoms with Crippen LogP contribution in [0.1, 0.15) is 0 Å². The van der Waals surface area contributed by atoms with E-state index in [-0.39, 0.29) is 0 Å². The zero-order valence-corrected chi connectivity index (χ0v) is 30.0. The molecule has 0 unspecified atom stereocenters. The fraction of sp³-hybridized carbons (Fsp3) is 0. The van der Waals surface area contributed by atoms with Crippen LogP contribution in [0, 0.1) is 0 Å². The summed E-state index contributed by atoms with van der Waals surface area (Å²) in [5, 5.41) is 4.75. The molecule has 0 amide bonds. The van der Waals surface area contributed by atoms with E-state index in [2.05, 4.69) is 124 Å². The second kappa shape index (κ2) is 13.0. The van der Waals surface area contributed by atoms with Crippen molar-refractivity contribution in [3.8, 4) is 56.9 Å². The number of hydrogen-bond acceptors (Lipinski definition) is 5. The third-order valence-electron chi connectivity index (χ3n) is 10.5. The van der Waals surface area contributed by atoms with Gasteiger partial charge in [-0.05, 0) is 59.7 Å². The van der Waals surface area contributed by atoms with Gasteiger partial charge in [0.1, 0.15) is 5.69 Å². The highest BCUT2D eigenvalue weighted by Crippen LogP contribution is 2.38. The molecule has 262 valence electrons. The lowest BCUT2D eigenvalue weighted by molar-refractivity contribution is 1.02. The largest absolute Gasteiger partial charge is 0.309 e. The molecule has 0 radical (unpaired) electrons. The molecule has 7 nitrogen and oxygen atoms in total. The van der Waals surface area contributed by atoms with Gasteiger partial charge >= 0.3 is 0 Å². The van der Waals surface area contributed by atoms with Crippen molar-refractivity contribution in [2.24, 2.45) is 0 Å². The number of para-hydroxylation sites is 3. The zero-order valence-electron chi connectivity index (χ0n) is 30.0. The van der Waals surface area contributed by atoms with Crippen LogP contribution in [0.4, 0.5) is 0 Å². The van der Waals surface area contributed by atoms with Crippen molar-refractivity contribution in [1.82, 2.24) is 34.1 Å². The van der Waals surface area contributed by atoms with E-state index >= 15 is 0 Å². The van der Waals surface area contributed by atoms with Crippen LogP contribution in [-0.2, 0) is 0 Å². The molecule has 0 spiro atoms. The minimum atomic E-state index is 0.465. The molecule has 11 rings (SSSR count). The van der Waals surface area contributed by atoms with Gasteiger partial charge in [-0.1, -0.05) is 127 Å². The number of nitrogens with zero attached hydrogens (tertiary/aromatic N) is 7. The van der Waals surface area contributed by atoms with Crippen LogP contribution in [-0.4, -0.2) is 34.1 Å². The van der Waals surface area contributed by atoms with Gasteiger partial charge in [-0.15, -0.1) is 0 Å². The molecule has 0 saturated carbocycles. The summed E-state index contributed by atoms with van der Waals surface area (Å²) in [7, 11) is 0. The van der Waals surface area contributed by atoms with Crippen LogP contribution >= 0.6 is 0 Å². The van der Waals surface area contributed by atoms with E-state index in [4.69, 9.17) is 24.9 Å². The molecule has 0 aliphatic heterocycles. The van der Waals surface area contributed by atoms with Crippen LogP contribution in [0.3, 0.4) is 0 Å². The Labute approximate surface area is 321 Å². The first-order valence-electron chi connectivity index (χ1n) is 18.6. The van der Waals surface area contributed by atoms with Gasteiger partial charge in [-0.3, -0.25) is 4.57 Å². The fourth-order valence-electron chi connectivity index (χ4n) is 7.88. The van der Waals surface area contributed by atoms with E-state index in [0.29, 0.717) is 29.0 Å². The van der Waals surface area contributed by atoms with Gasteiger partial charge in [-0.25, -0.2) is 24.9 Å². The summed E-state index contributed by atoms with van der Waals surface area (Å²) >= 11 is 0. The molecule has 4 aromatic heterocycles. The summed E-state index contributed by atoms with van der Waals surface area (Å²) in [6, 6.07) is 61.1. The minimum absolute atomic E-state index is 0.465. The summed E-state index contributed by atoms with van der Waals surface area (Å²) in [6.07, 6.45) is 3.56. The topological polar surface area (TPSA) is 74.3 Å². The molecule has 0 atom stereocenters. The Morgan fingerprint density at radius 3 is 1.34 bits per heavy atom. The quantitative estimate of drug-likeness (QED) is 0.171. The molecule has 56 heavy (non-hydrogen) atoms. The maximum absolute atomic E-state index is 4.97. The van der Waals surface area contributed by atoms with E-state index in [1.165, 1.54) is 27.4 Å². The fourth-order valence-corrected chi connectivity index (χ4v) is 7.88. The van der Waals surface area contributed by atoms with E-state index in [9.17, 15) is 0 Å². The molecule has 0 aliphatic carbocycles. The van der Waals surface area contributed by atoms with Gasteiger partial charge in [-0.2, -0.15) is 0 Å². The standard InChI is InChI=1S/C49H31N7/c1-4-14-32(15-5-1)47-52-48(33-16-6-2-7-17-33)54-49(53-47)41-30-51-46(31-50-41)56-43-23-13-11-21-38(43)40-29-35(25-27-45(40)56)34-24-26-44-39(28-34)37-20-10-12-22-42(37)55(44)36-18-8-3-9-19-36/h1-31H. The van der Waals surface area contributed by atoms with Crippen LogP contribution in [0.2, 0.25) is 0 Å². The summed E-state index contributed by atoms with van der Waals surface area (Å²) in [4.78, 5) is 24.4. The summed E-state index contributed by atoms with van der Waals surface area (Å²) < 4.78 is 4.53. The van der Waals surface area contributed by atoms with Crippen LogP contribution in [0.25, 0.3) is 101 Å². The molecule has 0 bridgehead atoms. The van der Waals surface area contributed by atoms with Crippen molar-refractivity contribution in [3.05, 3.63) is 188 Å². The second-order valence-electron chi connectivity index (χ2n) is 13.8. The molecule has 11 aromatic rings. The van der Waals surface area contributed by atoms with Crippen molar-refractivity contribution in [2.45, 2.75) is 0 Å². The summed E-state index contributed by atoms with van der Waals surface area (Å²) in [5.41, 5.74) is 10.3. The first-order chi connectivity index (χ1) is 27.8. The Kier molecular flexibility index (Phi) is 7.35. The maximum Gasteiger partial charge on any atom is 0.184 e. The summed E-state index contributed by atoms with van der Waals surface area (Å²) in [5.74, 6) is 2.34. The van der Waals surface area contributed by atoms with Gasteiger partial charge in [0.15, 0.2) is 23.3 Å². The Bertz CT molecular complexity index is 3170. The lowest BCUT2D eigenvalue weighted by atomic mass is 10.0. The maximum atomic E-state index is 4.97. The zero-order chi connectivity index (χ0) is 37.0. The molecular formula is C49H31N7. The van der Waals surface area contributed by atoms with Gasteiger partial charge < -0.3 is 4.57 Å². The average molecular weight is 718 g/mol. The smallest absolute Gasteiger partial charge is 0.184 e. The van der Waals surface area contributed by atoms with Gasteiger partial charge in [0.2, 0.25) is 0 Å². The molecule has 0 aliphatic rings. The Balaban J connectivity index is 1.01. The number of hydrogen-bond donors (Lipinski definition) is 0. The van der Waals surface area contributed by atoms with Crippen molar-refractivity contribution in [1.29, 1.82) is 0 Å². The van der Waals surface area contributed by atoms with E-state index in [1.54, 1.807) is 12.4 Å². The van der Waals surface area contributed by atoms with Gasteiger partial charge in [0.25, 0.3) is 0 Å². The van der Waals surface area contributed by atoms with Gasteiger partial charge in [0.05, 0.1) is 34.5 Å². The highest BCUT2D eigenvalue weighted by Gasteiger charge is 2.18. The number of aromatic nitrogens is 7. The first kappa shape index (κ1) is 31.7. The predicted molar refractivity (Wildman–Crippen MR) is 226 cm³/mol. The predicted octanol–water partition coefficient (Wildman–Crippen LogP) is 11.5. The SMILES string of the molecule is c1ccc(-c2nc(-c3ccccc3)nc(-c3cnc(-n4c5ccccc5c5cc(-c6ccc7c(c6)c6ccccc6n7-c6ccccc6)ccc54)cn3)n2)cc1. The third kappa shape index (κ3) is 5.25. The van der Waals surface area contributed by atoms with Crippen LogP contribution in [0.15, 0.2) is 188 Å². The summed E-state index contributed by atoms with van der Waals surface area (Å²) in [6.45, 7) is 0.